The van der Waals surface area contributed by atoms with Crippen molar-refractivity contribution in [3.63, 3.8) is 0 Å². The van der Waals surface area contributed by atoms with E-state index in [-0.39, 0.29) is 24.8 Å². The Labute approximate surface area is 136 Å². The Morgan fingerprint density at radius 1 is 1.37 bits per heavy atom. The zero-order valence-electron chi connectivity index (χ0n) is 11.1. The van der Waals surface area contributed by atoms with Crippen LogP contribution in [0, 0.1) is 0 Å². The van der Waals surface area contributed by atoms with E-state index in [0.29, 0.717) is 6.04 Å². The fraction of sp³-hybridized carbons (Fsp3) is 0.615. The standard InChI is InChI=1S/C13H20BrN3.2ClH/c1-2-3-12(17-8-6-15-7-9-17)11-4-5-16-13(14)10-11;;/h4-5,10,12,15H,2-3,6-9H2,1H3;2*1H/t12-;;/m0../s1. The molecule has 2 rings (SSSR count). The fourth-order valence-corrected chi connectivity index (χ4v) is 2.83. The number of hydrogen-bond donors (Lipinski definition) is 1. The molecule has 0 saturated carbocycles. The summed E-state index contributed by atoms with van der Waals surface area (Å²) in [5, 5.41) is 3.41. The maximum atomic E-state index is 4.21. The number of halogens is 3. The molecule has 1 aromatic heterocycles. The third-order valence-corrected chi connectivity index (χ3v) is 3.72. The van der Waals surface area contributed by atoms with Gasteiger partial charge in [-0.05, 0) is 40.0 Å². The van der Waals surface area contributed by atoms with Gasteiger partial charge in [0.2, 0.25) is 0 Å². The lowest BCUT2D eigenvalue weighted by Gasteiger charge is -2.35. The van der Waals surface area contributed by atoms with Crippen LogP contribution in [0.1, 0.15) is 31.4 Å². The first-order chi connectivity index (χ1) is 8.31. The number of pyridine rings is 1. The Kier molecular flexibility index (Phi) is 10.0. The highest BCUT2D eigenvalue weighted by Crippen LogP contribution is 2.27. The highest BCUT2D eigenvalue weighted by molar-refractivity contribution is 9.10. The molecule has 3 nitrogen and oxygen atoms in total. The van der Waals surface area contributed by atoms with E-state index in [1.807, 2.05) is 6.20 Å². The second-order valence-corrected chi connectivity index (χ2v) is 5.31. The van der Waals surface area contributed by atoms with Gasteiger partial charge in [-0.25, -0.2) is 4.98 Å². The van der Waals surface area contributed by atoms with Gasteiger partial charge in [-0.2, -0.15) is 0 Å². The van der Waals surface area contributed by atoms with Crippen LogP contribution in [-0.2, 0) is 0 Å². The second kappa shape index (κ2) is 9.94. The first-order valence-electron chi connectivity index (χ1n) is 6.37. The van der Waals surface area contributed by atoms with Crippen molar-refractivity contribution in [3.8, 4) is 0 Å². The van der Waals surface area contributed by atoms with Gasteiger partial charge >= 0.3 is 0 Å². The van der Waals surface area contributed by atoms with Crippen molar-refractivity contribution in [2.24, 2.45) is 0 Å². The molecule has 6 heteroatoms. The summed E-state index contributed by atoms with van der Waals surface area (Å²) in [4.78, 5) is 6.80. The molecule has 1 aliphatic heterocycles. The number of nitrogens with zero attached hydrogens (tertiary/aromatic N) is 2. The van der Waals surface area contributed by atoms with Gasteiger partial charge in [-0.3, -0.25) is 4.90 Å². The van der Waals surface area contributed by atoms with E-state index in [1.165, 1.54) is 18.4 Å². The number of rotatable bonds is 4. The lowest BCUT2D eigenvalue weighted by Crippen LogP contribution is -2.45. The van der Waals surface area contributed by atoms with Crippen molar-refractivity contribution >= 4 is 40.7 Å². The van der Waals surface area contributed by atoms with Gasteiger partial charge in [0.05, 0.1) is 0 Å². The van der Waals surface area contributed by atoms with E-state index < -0.39 is 0 Å². The highest BCUT2D eigenvalue weighted by atomic mass is 79.9. The highest BCUT2D eigenvalue weighted by Gasteiger charge is 2.21. The third-order valence-electron chi connectivity index (χ3n) is 3.29. The van der Waals surface area contributed by atoms with Crippen LogP contribution in [0.3, 0.4) is 0 Å². The van der Waals surface area contributed by atoms with Gasteiger partial charge in [0.25, 0.3) is 0 Å². The minimum atomic E-state index is 0. The molecule has 1 aliphatic rings. The van der Waals surface area contributed by atoms with Crippen LogP contribution in [0.5, 0.6) is 0 Å². The molecule has 2 heterocycles. The predicted molar refractivity (Wildman–Crippen MR) is 88.5 cm³/mol. The summed E-state index contributed by atoms with van der Waals surface area (Å²) in [5.41, 5.74) is 1.38. The average Bonchev–Trinajstić information content (AvgIpc) is 2.37. The van der Waals surface area contributed by atoms with Gasteiger partial charge in [-0.1, -0.05) is 13.3 Å². The van der Waals surface area contributed by atoms with Crippen LogP contribution in [-0.4, -0.2) is 36.1 Å². The largest absolute Gasteiger partial charge is 0.314 e. The number of piperazine rings is 1. The quantitative estimate of drug-likeness (QED) is 0.823. The molecule has 1 saturated heterocycles. The number of nitrogens with one attached hydrogen (secondary N) is 1. The van der Waals surface area contributed by atoms with Crippen molar-refractivity contribution in [1.82, 2.24) is 15.2 Å². The third kappa shape index (κ3) is 5.56. The van der Waals surface area contributed by atoms with E-state index in [2.05, 4.69) is 50.2 Å². The molecule has 0 radical (unpaired) electrons. The van der Waals surface area contributed by atoms with Crippen LogP contribution < -0.4 is 5.32 Å². The molecule has 1 N–H and O–H groups in total. The first kappa shape index (κ1) is 19.1. The summed E-state index contributed by atoms with van der Waals surface area (Å²) in [7, 11) is 0. The SMILES string of the molecule is CCC[C@@H](c1ccnc(Br)c1)N1CCNCC1.Cl.Cl. The van der Waals surface area contributed by atoms with Crippen molar-refractivity contribution in [2.75, 3.05) is 26.2 Å². The van der Waals surface area contributed by atoms with E-state index in [9.17, 15) is 0 Å². The molecule has 1 aromatic rings. The molecule has 0 spiro atoms. The van der Waals surface area contributed by atoms with Crippen LogP contribution in [0.2, 0.25) is 0 Å². The monoisotopic (exact) mass is 369 g/mol. The molecule has 0 aromatic carbocycles. The molecule has 19 heavy (non-hydrogen) atoms. The van der Waals surface area contributed by atoms with Crippen molar-refractivity contribution < 1.29 is 0 Å². The lowest BCUT2D eigenvalue weighted by atomic mass is 10.0. The van der Waals surface area contributed by atoms with Crippen molar-refractivity contribution in [2.45, 2.75) is 25.8 Å². The minimum Gasteiger partial charge on any atom is -0.314 e. The van der Waals surface area contributed by atoms with E-state index in [1.54, 1.807) is 0 Å². The van der Waals surface area contributed by atoms with Crippen LogP contribution >= 0.6 is 40.7 Å². The average molecular weight is 371 g/mol. The van der Waals surface area contributed by atoms with Crippen LogP contribution in [0.15, 0.2) is 22.9 Å². The van der Waals surface area contributed by atoms with Gasteiger partial charge in [0.15, 0.2) is 0 Å². The smallest absolute Gasteiger partial charge is 0.106 e. The molecule has 110 valence electrons. The molecular weight excluding hydrogens is 349 g/mol. The Balaban J connectivity index is 0.00000162. The zero-order valence-corrected chi connectivity index (χ0v) is 14.4. The predicted octanol–water partition coefficient (Wildman–Crippen LogP) is 3.43. The summed E-state index contributed by atoms with van der Waals surface area (Å²) < 4.78 is 0.936. The Morgan fingerprint density at radius 3 is 2.63 bits per heavy atom. The minimum absolute atomic E-state index is 0. The molecule has 0 unspecified atom stereocenters. The summed E-state index contributed by atoms with van der Waals surface area (Å²) in [6.07, 6.45) is 4.33. The summed E-state index contributed by atoms with van der Waals surface area (Å²) in [5.74, 6) is 0. The lowest BCUT2D eigenvalue weighted by molar-refractivity contribution is 0.164. The second-order valence-electron chi connectivity index (χ2n) is 4.50. The molecule has 0 bridgehead atoms. The van der Waals surface area contributed by atoms with Crippen molar-refractivity contribution in [3.05, 3.63) is 28.5 Å². The van der Waals surface area contributed by atoms with Crippen molar-refractivity contribution in [1.29, 1.82) is 0 Å². The topological polar surface area (TPSA) is 28.2 Å². The maximum Gasteiger partial charge on any atom is 0.106 e. The van der Waals surface area contributed by atoms with Crippen LogP contribution in [0.4, 0.5) is 0 Å². The molecule has 0 aliphatic carbocycles. The Bertz CT molecular complexity index is 359. The summed E-state index contributed by atoms with van der Waals surface area (Å²) in [6.45, 7) is 6.75. The molecule has 0 amide bonds. The van der Waals surface area contributed by atoms with E-state index in [0.717, 1.165) is 30.8 Å². The molecule has 1 atom stereocenters. The Hall–Kier alpha value is 0.130. The van der Waals surface area contributed by atoms with Gasteiger partial charge in [0.1, 0.15) is 4.60 Å². The van der Waals surface area contributed by atoms with Gasteiger partial charge < -0.3 is 5.32 Å². The number of aromatic nitrogens is 1. The Morgan fingerprint density at radius 2 is 2.05 bits per heavy atom. The number of hydrogen-bond acceptors (Lipinski definition) is 3. The molecular formula is C13H22BrCl2N3. The van der Waals surface area contributed by atoms with Gasteiger partial charge in [-0.15, -0.1) is 24.8 Å². The fourth-order valence-electron chi connectivity index (χ4n) is 2.45. The first-order valence-corrected chi connectivity index (χ1v) is 7.16. The van der Waals surface area contributed by atoms with Crippen LogP contribution in [0.25, 0.3) is 0 Å². The summed E-state index contributed by atoms with van der Waals surface area (Å²) in [6, 6.07) is 4.84. The maximum absolute atomic E-state index is 4.21. The van der Waals surface area contributed by atoms with E-state index >= 15 is 0 Å². The van der Waals surface area contributed by atoms with Gasteiger partial charge in [0, 0.05) is 38.4 Å². The molecule has 1 fully saturated rings. The van der Waals surface area contributed by atoms with E-state index in [4.69, 9.17) is 0 Å². The summed E-state index contributed by atoms with van der Waals surface area (Å²) >= 11 is 3.46. The normalized spacial score (nSPS) is 17.2. The zero-order chi connectivity index (χ0) is 12.1.